The molecule has 0 fully saturated rings. The van der Waals surface area contributed by atoms with E-state index in [2.05, 4.69) is 6.92 Å². The van der Waals surface area contributed by atoms with Crippen LogP contribution in [0.15, 0.2) is 18.2 Å². The Bertz CT molecular complexity index is 318. The molecule has 0 radical (unpaired) electrons. The highest BCUT2D eigenvalue weighted by atomic mass is 35.5. The molecule has 0 amide bonds. The lowest BCUT2D eigenvalue weighted by Crippen LogP contribution is -2.08. The normalized spacial score (nSPS) is 11.5. The van der Waals surface area contributed by atoms with E-state index in [0.717, 1.165) is 23.5 Å². The average molecular weight is 246 g/mol. The third kappa shape index (κ3) is 3.58. The van der Waals surface area contributed by atoms with E-state index in [9.17, 15) is 0 Å². The summed E-state index contributed by atoms with van der Waals surface area (Å²) in [6, 6.07) is 5.91. The van der Waals surface area contributed by atoms with Crippen LogP contribution in [0.5, 0.6) is 11.5 Å². The quantitative estimate of drug-likeness (QED) is 0.868. The van der Waals surface area contributed by atoms with Crippen molar-refractivity contribution < 1.29 is 9.47 Å². The lowest BCUT2D eigenvalue weighted by atomic mass is 10.1. The van der Waals surface area contributed by atoms with E-state index in [0.29, 0.717) is 6.61 Å². The number of methoxy groups -OCH3 is 1. The second-order valence-electron chi connectivity index (χ2n) is 3.36. The van der Waals surface area contributed by atoms with Crippen molar-refractivity contribution in [2.45, 2.75) is 26.3 Å². The zero-order valence-electron chi connectivity index (χ0n) is 10.0. The molecule has 0 aliphatic rings. The molecule has 0 unspecified atom stereocenters. The Balaban J connectivity index is 0.00000225. The molecular formula is C12H20ClNO2. The molecule has 2 N–H and O–H groups in total. The van der Waals surface area contributed by atoms with E-state index in [1.807, 2.05) is 25.1 Å². The first kappa shape index (κ1) is 15.1. The second kappa shape index (κ2) is 7.36. The van der Waals surface area contributed by atoms with Gasteiger partial charge in [-0.3, -0.25) is 0 Å². The van der Waals surface area contributed by atoms with Crippen molar-refractivity contribution in [1.29, 1.82) is 0 Å². The summed E-state index contributed by atoms with van der Waals surface area (Å²) >= 11 is 0. The maximum absolute atomic E-state index is 5.95. The first-order valence-corrected chi connectivity index (χ1v) is 5.29. The van der Waals surface area contributed by atoms with Crippen molar-refractivity contribution in [1.82, 2.24) is 0 Å². The topological polar surface area (TPSA) is 44.5 Å². The molecule has 0 saturated carbocycles. The van der Waals surface area contributed by atoms with Crippen molar-refractivity contribution in [2.24, 2.45) is 5.73 Å². The van der Waals surface area contributed by atoms with Crippen molar-refractivity contribution in [3.05, 3.63) is 23.8 Å². The molecule has 1 rings (SSSR count). The Kier molecular flexibility index (Phi) is 6.93. The fourth-order valence-electron chi connectivity index (χ4n) is 1.43. The Labute approximate surface area is 103 Å². The highest BCUT2D eigenvalue weighted by molar-refractivity contribution is 5.85. The minimum atomic E-state index is 0. The van der Waals surface area contributed by atoms with Gasteiger partial charge in [0.25, 0.3) is 0 Å². The first-order chi connectivity index (χ1) is 7.22. The standard InChI is InChI=1S/C12H19NO2.ClH/c1-4-10(13)9-6-7-11(15-5-2)12(8-9)14-3;/h6-8,10H,4-5,13H2,1-3H3;1H/t10-;/m1./s1. The minimum absolute atomic E-state index is 0. The molecule has 1 aromatic rings. The second-order valence-corrected chi connectivity index (χ2v) is 3.36. The highest BCUT2D eigenvalue weighted by Crippen LogP contribution is 2.30. The van der Waals surface area contributed by atoms with E-state index in [4.69, 9.17) is 15.2 Å². The lowest BCUT2D eigenvalue weighted by molar-refractivity contribution is 0.310. The van der Waals surface area contributed by atoms with Crippen LogP contribution in [0.3, 0.4) is 0 Å². The van der Waals surface area contributed by atoms with Crippen LogP contribution in [0.4, 0.5) is 0 Å². The highest BCUT2D eigenvalue weighted by Gasteiger charge is 2.08. The molecule has 0 heterocycles. The van der Waals surface area contributed by atoms with Gasteiger partial charge < -0.3 is 15.2 Å². The zero-order chi connectivity index (χ0) is 11.3. The van der Waals surface area contributed by atoms with Gasteiger partial charge in [-0.15, -0.1) is 12.4 Å². The molecule has 1 atom stereocenters. The Morgan fingerprint density at radius 1 is 1.25 bits per heavy atom. The largest absolute Gasteiger partial charge is 0.493 e. The van der Waals surface area contributed by atoms with Crippen LogP contribution in [0.25, 0.3) is 0 Å². The van der Waals surface area contributed by atoms with Crippen molar-refractivity contribution in [3.63, 3.8) is 0 Å². The van der Waals surface area contributed by atoms with Gasteiger partial charge in [-0.25, -0.2) is 0 Å². The van der Waals surface area contributed by atoms with Crippen molar-refractivity contribution in [2.75, 3.05) is 13.7 Å². The molecule has 3 nitrogen and oxygen atoms in total. The van der Waals surface area contributed by atoms with Crippen LogP contribution in [0.1, 0.15) is 31.9 Å². The van der Waals surface area contributed by atoms with E-state index >= 15 is 0 Å². The van der Waals surface area contributed by atoms with Crippen LogP contribution >= 0.6 is 12.4 Å². The number of hydrogen-bond donors (Lipinski definition) is 1. The summed E-state index contributed by atoms with van der Waals surface area (Å²) in [6.07, 6.45) is 0.914. The number of ether oxygens (including phenoxy) is 2. The maximum atomic E-state index is 5.95. The number of hydrogen-bond acceptors (Lipinski definition) is 3. The van der Waals surface area contributed by atoms with Gasteiger partial charge in [-0.1, -0.05) is 13.0 Å². The number of halogens is 1. The number of rotatable bonds is 5. The molecule has 0 bridgehead atoms. The Morgan fingerprint density at radius 3 is 2.44 bits per heavy atom. The van der Waals surface area contributed by atoms with Crippen LogP contribution in [0.2, 0.25) is 0 Å². The molecule has 0 saturated heterocycles. The van der Waals surface area contributed by atoms with Gasteiger partial charge in [-0.05, 0) is 31.0 Å². The molecule has 0 spiro atoms. The molecular weight excluding hydrogens is 226 g/mol. The maximum Gasteiger partial charge on any atom is 0.161 e. The summed E-state index contributed by atoms with van der Waals surface area (Å²) in [5, 5.41) is 0. The summed E-state index contributed by atoms with van der Waals surface area (Å²) in [5.41, 5.74) is 7.03. The Hall–Kier alpha value is -0.930. The molecule has 0 aliphatic heterocycles. The van der Waals surface area contributed by atoms with Gasteiger partial charge in [0.15, 0.2) is 11.5 Å². The van der Waals surface area contributed by atoms with Gasteiger partial charge in [0.05, 0.1) is 13.7 Å². The van der Waals surface area contributed by atoms with Gasteiger partial charge in [0.1, 0.15) is 0 Å². The van der Waals surface area contributed by atoms with Gasteiger partial charge >= 0.3 is 0 Å². The summed E-state index contributed by atoms with van der Waals surface area (Å²) in [7, 11) is 1.64. The third-order valence-electron chi connectivity index (χ3n) is 2.36. The van der Waals surface area contributed by atoms with Crippen LogP contribution in [-0.4, -0.2) is 13.7 Å². The lowest BCUT2D eigenvalue weighted by Gasteiger charge is -2.14. The summed E-state index contributed by atoms with van der Waals surface area (Å²) in [5.74, 6) is 1.52. The van der Waals surface area contributed by atoms with Crippen LogP contribution < -0.4 is 15.2 Å². The molecule has 0 aromatic heterocycles. The van der Waals surface area contributed by atoms with Crippen LogP contribution in [0, 0.1) is 0 Å². The van der Waals surface area contributed by atoms with Gasteiger partial charge in [0.2, 0.25) is 0 Å². The smallest absolute Gasteiger partial charge is 0.161 e. The molecule has 0 aliphatic carbocycles. The predicted molar refractivity (Wildman–Crippen MR) is 68.6 cm³/mol. The van der Waals surface area contributed by atoms with E-state index in [1.54, 1.807) is 7.11 Å². The molecule has 92 valence electrons. The predicted octanol–water partition coefficient (Wildman–Crippen LogP) is 2.93. The molecule has 16 heavy (non-hydrogen) atoms. The first-order valence-electron chi connectivity index (χ1n) is 5.29. The molecule has 4 heteroatoms. The monoisotopic (exact) mass is 245 g/mol. The Morgan fingerprint density at radius 2 is 1.94 bits per heavy atom. The van der Waals surface area contributed by atoms with Gasteiger partial charge in [-0.2, -0.15) is 0 Å². The average Bonchev–Trinajstić information content (AvgIpc) is 2.29. The van der Waals surface area contributed by atoms with E-state index in [1.165, 1.54) is 0 Å². The summed E-state index contributed by atoms with van der Waals surface area (Å²) in [6.45, 7) is 4.65. The summed E-state index contributed by atoms with van der Waals surface area (Å²) in [4.78, 5) is 0. The fraction of sp³-hybridized carbons (Fsp3) is 0.500. The SMILES string of the molecule is CCOc1ccc([C@H](N)CC)cc1OC.Cl. The summed E-state index contributed by atoms with van der Waals surface area (Å²) < 4.78 is 10.7. The van der Waals surface area contributed by atoms with Crippen LogP contribution in [-0.2, 0) is 0 Å². The van der Waals surface area contributed by atoms with E-state index < -0.39 is 0 Å². The van der Waals surface area contributed by atoms with Crippen molar-refractivity contribution in [3.8, 4) is 11.5 Å². The number of nitrogens with two attached hydrogens (primary N) is 1. The number of benzene rings is 1. The minimum Gasteiger partial charge on any atom is -0.493 e. The van der Waals surface area contributed by atoms with Gasteiger partial charge in [0, 0.05) is 6.04 Å². The third-order valence-corrected chi connectivity index (χ3v) is 2.36. The molecule has 1 aromatic carbocycles. The van der Waals surface area contributed by atoms with E-state index in [-0.39, 0.29) is 18.4 Å². The van der Waals surface area contributed by atoms with Crippen molar-refractivity contribution >= 4 is 12.4 Å². The zero-order valence-corrected chi connectivity index (χ0v) is 10.8. The fourth-order valence-corrected chi connectivity index (χ4v) is 1.43.